The number of hydrogen-bond donors (Lipinski definition) is 1. The van der Waals surface area contributed by atoms with Crippen LogP contribution in [0.15, 0.2) is 59.5 Å². The summed E-state index contributed by atoms with van der Waals surface area (Å²) >= 11 is 6.06. The SMILES string of the molecule is O=C(CNc1ccccc1Cl)N1CCN(S(=O)(=O)c2ccccc2)CC1. The van der Waals surface area contributed by atoms with Crippen molar-refractivity contribution in [1.29, 1.82) is 0 Å². The molecule has 1 amide bonds. The average Bonchev–Trinajstić information content (AvgIpc) is 2.68. The number of nitrogens with one attached hydrogen (secondary N) is 1. The Morgan fingerprint density at radius 2 is 1.58 bits per heavy atom. The number of halogens is 1. The number of benzene rings is 2. The van der Waals surface area contributed by atoms with Crippen LogP contribution in [0.1, 0.15) is 0 Å². The minimum Gasteiger partial charge on any atom is -0.375 e. The molecule has 1 heterocycles. The highest BCUT2D eigenvalue weighted by molar-refractivity contribution is 7.89. The van der Waals surface area contributed by atoms with Crippen molar-refractivity contribution in [2.45, 2.75) is 4.90 Å². The summed E-state index contributed by atoms with van der Waals surface area (Å²) in [6.07, 6.45) is 0. The number of sulfonamides is 1. The Hall–Kier alpha value is -2.09. The largest absolute Gasteiger partial charge is 0.375 e. The van der Waals surface area contributed by atoms with Gasteiger partial charge in [0.1, 0.15) is 0 Å². The Balaban J connectivity index is 1.55. The van der Waals surface area contributed by atoms with Crippen molar-refractivity contribution in [3.63, 3.8) is 0 Å². The van der Waals surface area contributed by atoms with Gasteiger partial charge in [-0.15, -0.1) is 0 Å². The Morgan fingerprint density at radius 3 is 2.23 bits per heavy atom. The van der Waals surface area contributed by atoms with Crippen LogP contribution in [0.3, 0.4) is 0 Å². The van der Waals surface area contributed by atoms with E-state index in [1.807, 2.05) is 12.1 Å². The van der Waals surface area contributed by atoms with E-state index in [9.17, 15) is 13.2 Å². The van der Waals surface area contributed by atoms with E-state index in [-0.39, 0.29) is 30.4 Å². The van der Waals surface area contributed by atoms with Crippen LogP contribution in [0.5, 0.6) is 0 Å². The van der Waals surface area contributed by atoms with Gasteiger partial charge in [0.05, 0.1) is 22.2 Å². The van der Waals surface area contributed by atoms with Crippen LogP contribution in [0.25, 0.3) is 0 Å². The summed E-state index contributed by atoms with van der Waals surface area (Å²) in [6.45, 7) is 1.43. The van der Waals surface area contributed by atoms with Crippen LogP contribution >= 0.6 is 11.6 Å². The zero-order chi connectivity index (χ0) is 18.6. The average molecular weight is 394 g/mol. The predicted molar refractivity (Wildman–Crippen MR) is 102 cm³/mol. The molecular formula is C18H20ClN3O3S. The van der Waals surface area contributed by atoms with Crippen LogP contribution in [0.4, 0.5) is 5.69 Å². The number of anilines is 1. The fraction of sp³-hybridized carbons (Fsp3) is 0.278. The molecule has 1 saturated heterocycles. The number of carbonyl (C=O) groups excluding carboxylic acids is 1. The molecule has 0 aliphatic carbocycles. The van der Waals surface area contributed by atoms with Crippen LogP contribution in [-0.4, -0.2) is 56.3 Å². The lowest BCUT2D eigenvalue weighted by atomic mass is 10.3. The maximum atomic E-state index is 12.6. The summed E-state index contributed by atoms with van der Waals surface area (Å²) in [7, 11) is -3.51. The molecule has 1 N–H and O–H groups in total. The highest BCUT2D eigenvalue weighted by Crippen LogP contribution is 2.20. The number of hydrogen-bond acceptors (Lipinski definition) is 4. The molecule has 0 saturated carbocycles. The smallest absolute Gasteiger partial charge is 0.243 e. The summed E-state index contributed by atoms with van der Waals surface area (Å²) in [5, 5.41) is 3.58. The molecule has 138 valence electrons. The van der Waals surface area contributed by atoms with Crippen molar-refractivity contribution >= 4 is 33.2 Å². The molecule has 0 aromatic heterocycles. The maximum absolute atomic E-state index is 12.6. The van der Waals surface area contributed by atoms with E-state index in [0.29, 0.717) is 23.8 Å². The molecule has 0 bridgehead atoms. The van der Waals surface area contributed by atoms with Gasteiger partial charge in [0.2, 0.25) is 15.9 Å². The molecule has 3 rings (SSSR count). The van der Waals surface area contributed by atoms with Crippen molar-refractivity contribution in [2.24, 2.45) is 0 Å². The van der Waals surface area contributed by atoms with Gasteiger partial charge in [0.25, 0.3) is 0 Å². The molecule has 0 atom stereocenters. The third-order valence-electron chi connectivity index (χ3n) is 4.28. The first kappa shape index (κ1) is 18.7. The molecule has 1 fully saturated rings. The summed E-state index contributed by atoms with van der Waals surface area (Å²) in [5.41, 5.74) is 0.702. The van der Waals surface area contributed by atoms with Gasteiger partial charge in [0, 0.05) is 26.2 Å². The summed E-state index contributed by atoms with van der Waals surface area (Å²) in [6, 6.07) is 15.6. The molecule has 2 aromatic rings. The fourth-order valence-corrected chi connectivity index (χ4v) is 4.45. The summed E-state index contributed by atoms with van der Waals surface area (Å²) in [4.78, 5) is 14.3. The molecule has 26 heavy (non-hydrogen) atoms. The van der Waals surface area contributed by atoms with E-state index in [1.165, 1.54) is 4.31 Å². The molecule has 1 aliphatic rings. The molecule has 0 spiro atoms. The number of carbonyl (C=O) groups is 1. The first-order valence-corrected chi connectivity index (χ1v) is 10.1. The zero-order valence-electron chi connectivity index (χ0n) is 14.1. The molecule has 1 aliphatic heterocycles. The van der Waals surface area contributed by atoms with Crippen LogP contribution in [0, 0.1) is 0 Å². The quantitative estimate of drug-likeness (QED) is 0.846. The van der Waals surface area contributed by atoms with E-state index in [0.717, 1.165) is 0 Å². The normalized spacial score (nSPS) is 15.7. The van der Waals surface area contributed by atoms with Gasteiger partial charge < -0.3 is 10.2 Å². The van der Waals surface area contributed by atoms with Crippen LogP contribution < -0.4 is 5.32 Å². The lowest BCUT2D eigenvalue weighted by molar-refractivity contribution is -0.130. The van der Waals surface area contributed by atoms with Gasteiger partial charge in [-0.25, -0.2) is 8.42 Å². The van der Waals surface area contributed by atoms with Crippen molar-refractivity contribution in [3.05, 3.63) is 59.6 Å². The molecular weight excluding hydrogens is 374 g/mol. The first-order valence-electron chi connectivity index (χ1n) is 8.30. The second-order valence-electron chi connectivity index (χ2n) is 5.93. The first-order chi connectivity index (χ1) is 12.5. The number of rotatable bonds is 5. The van der Waals surface area contributed by atoms with Gasteiger partial charge in [0.15, 0.2) is 0 Å². The Labute approximate surface area is 158 Å². The minimum atomic E-state index is -3.51. The van der Waals surface area contributed by atoms with E-state index < -0.39 is 10.0 Å². The Morgan fingerprint density at radius 1 is 0.962 bits per heavy atom. The summed E-state index contributed by atoms with van der Waals surface area (Å²) in [5.74, 6) is -0.0818. The van der Waals surface area contributed by atoms with Crippen LogP contribution in [-0.2, 0) is 14.8 Å². The highest BCUT2D eigenvalue weighted by Gasteiger charge is 2.29. The van der Waals surface area contributed by atoms with Gasteiger partial charge in [-0.3, -0.25) is 4.79 Å². The monoisotopic (exact) mass is 393 g/mol. The lowest BCUT2D eigenvalue weighted by Crippen LogP contribution is -2.51. The van der Waals surface area contributed by atoms with Crippen molar-refractivity contribution in [3.8, 4) is 0 Å². The standard InChI is InChI=1S/C18H20ClN3O3S/c19-16-8-4-5-9-17(16)20-14-18(23)21-10-12-22(13-11-21)26(24,25)15-6-2-1-3-7-15/h1-9,20H,10-14H2. The topological polar surface area (TPSA) is 69.7 Å². The molecule has 0 radical (unpaired) electrons. The number of para-hydroxylation sites is 1. The van der Waals surface area contributed by atoms with Crippen molar-refractivity contribution in [1.82, 2.24) is 9.21 Å². The number of amides is 1. The van der Waals surface area contributed by atoms with Gasteiger partial charge in [-0.1, -0.05) is 41.9 Å². The maximum Gasteiger partial charge on any atom is 0.243 e. The number of piperazine rings is 1. The van der Waals surface area contributed by atoms with Gasteiger partial charge >= 0.3 is 0 Å². The predicted octanol–water partition coefficient (Wildman–Crippen LogP) is 2.29. The molecule has 0 unspecified atom stereocenters. The highest BCUT2D eigenvalue weighted by atomic mass is 35.5. The third-order valence-corrected chi connectivity index (χ3v) is 6.52. The van der Waals surface area contributed by atoms with Crippen molar-refractivity contribution in [2.75, 3.05) is 38.0 Å². The van der Waals surface area contributed by atoms with Crippen LogP contribution in [0.2, 0.25) is 5.02 Å². The summed E-state index contributed by atoms with van der Waals surface area (Å²) < 4.78 is 26.6. The number of nitrogens with zero attached hydrogens (tertiary/aromatic N) is 2. The van der Waals surface area contributed by atoms with E-state index in [1.54, 1.807) is 47.4 Å². The second-order valence-corrected chi connectivity index (χ2v) is 8.28. The molecule has 2 aromatic carbocycles. The molecule has 8 heteroatoms. The fourth-order valence-electron chi connectivity index (χ4n) is 2.81. The van der Waals surface area contributed by atoms with Gasteiger partial charge in [-0.2, -0.15) is 4.31 Å². The van der Waals surface area contributed by atoms with E-state index >= 15 is 0 Å². The van der Waals surface area contributed by atoms with Gasteiger partial charge in [-0.05, 0) is 24.3 Å². The molecule has 6 nitrogen and oxygen atoms in total. The van der Waals surface area contributed by atoms with Crippen molar-refractivity contribution < 1.29 is 13.2 Å². The van der Waals surface area contributed by atoms with E-state index in [4.69, 9.17) is 11.6 Å². The second kappa shape index (κ2) is 8.07. The third kappa shape index (κ3) is 4.17. The Kier molecular flexibility index (Phi) is 5.80. The van der Waals surface area contributed by atoms with E-state index in [2.05, 4.69) is 5.32 Å². The lowest BCUT2D eigenvalue weighted by Gasteiger charge is -2.34. The zero-order valence-corrected chi connectivity index (χ0v) is 15.7. The Bertz CT molecular complexity index is 866. The minimum absolute atomic E-state index is 0.0818.